The number of hydrogen-bond donors (Lipinski definition) is 2. The molecule has 2 N–H and O–H groups in total. The molecule has 5 nitrogen and oxygen atoms in total. The van der Waals surface area contributed by atoms with Crippen LogP contribution >= 0.6 is 23.2 Å². The number of anilines is 1. The molecule has 0 fully saturated rings. The number of carbonyl (C=O) groups excluding carboxylic acids is 1. The molecule has 0 radical (unpaired) electrons. The zero-order valence-corrected chi connectivity index (χ0v) is 15.2. The summed E-state index contributed by atoms with van der Waals surface area (Å²) in [7, 11) is -3.55. The Balaban J connectivity index is 2.14. The first-order valence-corrected chi connectivity index (χ1v) is 9.43. The van der Waals surface area contributed by atoms with Crippen molar-refractivity contribution in [3.63, 3.8) is 0 Å². The lowest BCUT2D eigenvalue weighted by atomic mass is 10.2. The Bertz CT molecular complexity index is 817. The molecule has 2 rings (SSSR count). The van der Waals surface area contributed by atoms with Gasteiger partial charge in [0.15, 0.2) is 0 Å². The van der Waals surface area contributed by atoms with E-state index in [-0.39, 0.29) is 4.90 Å². The Morgan fingerprint density at radius 3 is 2.17 bits per heavy atom. The van der Waals surface area contributed by atoms with E-state index in [0.717, 1.165) is 0 Å². The number of nitrogens with one attached hydrogen (secondary N) is 2. The van der Waals surface area contributed by atoms with Crippen LogP contribution in [0.25, 0.3) is 0 Å². The molecule has 0 saturated carbocycles. The standard InChI is InChI=1S/C16H16Cl2N2O3S/c1-2-7-19-24(22,23)15-5-3-11(4-6-15)16(21)20-14-9-12(17)8-13(18)10-14/h3-6,8-10,19H,2,7H2,1H3,(H,20,21). The van der Waals surface area contributed by atoms with Crippen LogP contribution in [-0.4, -0.2) is 20.9 Å². The molecule has 1 amide bonds. The molecule has 0 heterocycles. The highest BCUT2D eigenvalue weighted by atomic mass is 35.5. The van der Waals surface area contributed by atoms with Crippen molar-refractivity contribution in [3.8, 4) is 0 Å². The van der Waals surface area contributed by atoms with Gasteiger partial charge in [0.1, 0.15) is 0 Å². The summed E-state index contributed by atoms with van der Waals surface area (Å²) in [5.41, 5.74) is 0.777. The first-order valence-electron chi connectivity index (χ1n) is 7.19. The third-order valence-corrected chi connectivity index (χ3v) is 5.00. The van der Waals surface area contributed by atoms with E-state index in [1.165, 1.54) is 24.3 Å². The van der Waals surface area contributed by atoms with Crippen LogP contribution in [-0.2, 0) is 10.0 Å². The van der Waals surface area contributed by atoms with Crippen molar-refractivity contribution < 1.29 is 13.2 Å². The maximum absolute atomic E-state index is 12.2. The fourth-order valence-electron chi connectivity index (χ4n) is 1.93. The van der Waals surface area contributed by atoms with E-state index in [2.05, 4.69) is 10.0 Å². The molecule has 0 saturated heterocycles. The van der Waals surface area contributed by atoms with E-state index in [0.29, 0.717) is 34.3 Å². The van der Waals surface area contributed by atoms with E-state index in [1.807, 2.05) is 6.92 Å². The molecule has 0 aliphatic rings. The minimum Gasteiger partial charge on any atom is -0.322 e. The average Bonchev–Trinajstić information content (AvgIpc) is 2.52. The molecule has 0 bridgehead atoms. The summed E-state index contributed by atoms with van der Waals surface area (Å²) in [6, 6.07) is 10.4. The largest absolute Gasteiger partial charge is 0.322 e. The van der Waals surface area contributed by atoms with Gasteiger partial charge in [-0.05, 0) is 48.9 Å². The van der Waals surface area contributed by atoms with Gasteiger partial charge in [0.25, 0.3) is 5.91 Å². The van der Waals surface area contributed by atoms with Crippen molar-refractivity contribution >= 4 is 44.8 Å². The topological polar surface area (TPSA) is 75.3 Å². The number of halogens is 2. The fourth-order valence-corrected chi connectivity index (χ4v) is 3.59. The van der Waals surface area contributed by atoms with Crippen LogP contribution in [0.15, 0.2) is 47.4 Å². The molecule has 0 aromatic heterocycles. The molecule has 0 spiro atoms. The summed E-state index contributed by atoms with van der Waals surface area (Å²) >= 11 is 11.8. The lowest BCUT2D eigenvalue weighted by Crippen LogP contribution is -2.24. The molecule has 8 heteroatoms. The van der Waals surface area contributed by atoms with Gasteiger partial charge in [-0.2, -0.15) is 0 Å². The second kappa shape index (κ2) is 7.98. The Hall–Kier alpha value is -1.60. The van der Waals surface area contributed by atoms with Crippen molar-refractivity contribution in [1.82, 2.24) is 4.72 Å². The quantitative estimate of drug-likeness (QED) is 0.789. The lowest BCUT2D eigenvalue weighted by molar-refractivity contribution is 0.102. The third-order valence-electron chi connectivity index (χ3n) is 3.09. The minimum atomic E-state index is -3.55. The van der Waals surface area contributed by atoms with E-state index >= 15 is 0 Å². The van der Waals surface area contributed by atoms with Gasteiger partial charge in [-0.25, -0.2) is 13.1 Å². The second-order valence-electron chi connectivity index (χ2n) is 5.03. The first kappa shape index (κ1) is 18.7. The van der Waals surface area contributed by atoms with Gasteiger partial charge in [-0.1, -0.05) is 30.1 Å². The molecule has 0 unspecified atom stereocenters. The molecule has 2 aromatic carbocycles. The highest BCUT2D eigenvalue weighted by Gasteiger charge is 2.14. The summed E-state index contributed by atoms with van der Waals surface area (Å²) < 4.78 is 26.5. The van der Waals surface area contributed by atoms with E-state index in [9.17, 15) is 13.2 Å². The number of carbonyl (C=O) groups is 1. The summed E-state index contributed by atoms with van der Waals surface area (Å²) in [6.45, 7) is 2.23. The molecular weight excluding hydrogens is 371 g/mol. The number of benzene rings is 2. The van der Waals surface area contributed by atoms with Crippen LogP contribution < -0.4 is 10.0 Å². The molecule has 0 atom stereocenters. The van der Waals surface area contributed by atoms with Crippen LogP contribution in [0.1, 0.15) is 23.7 Å². The predicted molar refractivity (Wildman–Crippen MR) is 96.3 cm³/mol. The predicted octanol–water partition coefficient (Wildman–Crippen LogP) is 3.93. The monoisotopic (exact) mass is 386 g/mol. The van der Waals surface area contributed by atoms with Crippen molar-refractivity contribution in [2.24, 2.45) is 0 Å². The van der Waals surface area contributed by atoms with Gasteiger partial charge in [0, 0.05) is 27.8 Å². The normalized spacial score (nSPS) is 11.3. The van der Waals surface area contributed by atoms with Crippen molar-refractivity contribution in [2.45, 2.75) is 18.2 Å². The van der Waals surface area contributed by atoms with E-state index in [4.69, 9.17) is 23.2 Å². The number of sulfonamides is 1. The van der Waals surface area contributed by atoms with Gasteiger partial charge in [0.05, 0.1) is 4.90 Å². The Morgan fingerprint density at radius 2 is 1.62 bits per heavy atom. The fraction of sp³-hybridized carbons (Fsp3) is 0.188. The Kier molecular flexibility index (Phi) is 6.23. The smallest absolute Gasteiger partial charge is 0.255 e. The summed E-state index contributed by atoms with van der Waals surface area (Å²) in [5.74, 6) is -0.390. The third kappa shape index (κ3) is 4.95. The first-order chi connectivity index (χ1) is 11.3. The molecule has 0 aliphatic carbocycles. The maximum Gasteiger partial charge on any atom is 0.255 e. The number of hydrogen-bond acceptors (Lipinski definition) is 3. The zero-order valence-electron chi connectivity index (χ0n) is 12.8. The van der Waals surface area contributed by atoms with Gasteiger partial charge >= 0.3 is 0 Å². The van der Waals surface area contributed by atoms with Gasteiger partial charge in [0.2, 0.25) is 10.0 Å². The number of amides is 1. The summed E-state index contributed by atoms with van der Waals surface area (Å²) in [4.78, 5) is 12.3. The lowest BCUT2D eigenvalue weighted by Gasteiger charge is -2.08. The SMILES string of the molecule is CCCNS(=O)(=O)c1ccc(C(=O)Nc2cc(Cl)cc(Cl)c2)cc1. The van der Waals surface area contributed by atoms with Crippen LogP contribution in [0.2, 0.25) is 10.0 Å². The van der Waals surface area contributed by atoms with Crippen molar-refractivity contribution in [3.05, 3.63) is 58.1 Å². The van der Waals surface area contributed by atoms with Crippen LogP contribution in [0.3, 0.4) is 0 Å². The van der Waals surface area contributed by atoms with Crippen molar-refractivity contribution in [2.75, 3.05) is 11.9 Å². The van der Waals surface area contributed by atoms with Crippen molar-refractivity contribution in [1.29, 1.82) is 0 Å². The van der Waals surface area contributed by atoms with Crippen LogP contribution in [0.4, 0.5) is 5.69 Å². The molecule has 24 heavy (non-hydrogen) atoms. The van der Waals surface area contributed by atoms with Crippen LogP contribution in [0, 0.1) is 0 Å². The zero-order chi connectivity index (χ0) is 17.7. The highest BCUT2D eigenvalue weighted by molar-refractivity contribution is 7.89. The van der Waals surface area contributed by atoms with E-state index < -0.39 is 15.9 Å². The summed E-state index contributed by atoms with van der Waals surface area (Å²) in [5, 5.41) is 3.47. The Labute approximate surface area is 151 Å². The molecular formula is C16H16Cl2N2O3S. The minimum absolute atomic E-state index is 0.110. The molecule has 2 aromatic rings. The van der Waals surface area contributed by atoms with Gasteiger partial charge in [-0.3, -0.25) is 4.79 Å². The van der Waals surface area contributed by atoms with E-state index in [1.54, 1.807) is 18.2 Å². The Morgan fingerprint density at radius 1 is 1.04 bits per heavy atom. The second-order valence-corrected chi connectivity index (χ2v) is 7.67. The summed E-state index contributed by atoms with van der Waals surface area (Å²) in [6.07, 6.45) is 0.696. The average molecular weight is 387 g/mol. The van der Waals surface area contributed by atoms with Gasteiger partial charge in [-0.15, -0.1) is 0 Å². The maximum atomic E-state index is 12.2. The molecule has 128 valence electrons. The van der Waals surface area contributed by atoms with Gasteiger partial charge < -0.3 is 5.32 Å². The van der Waals surface area contributed by atoms with Crippen LogP contribution in [0.5, 0.6) is 0 Å². The molecule has 0 aliphatic heterocycles. The number of rotatable bonds is 6. The highest BCUT2D eigenvalue weighted by Crippen LogP contribution is 2.23.